The Morgan fingerprint density at radius 1 is 1.15 bits per heavy atom. The van der Waals surface area contributed by atoms with Gasteiger partial charge in [0.05, 0.1) is 12.4 Å². The van der Waals surface area contributed by atoms with Crippen molar-refractivity contribution in [2.24, 2.45) is 5.92 Å². The number of rotatable bonds is 9. The van der Waals surface area contributed by atoms with Crippen LogP contribution in [-0.2, 0) is 19.6 Å². The number of aromatic nitrogens is 2. The van der Waals surface area contributed by atoms with E-state index in [-0.39, 0.29) is 35.2 Å². The normalized spacial score (nSPS) is 15.9. The van der Waals surface area contributed by atoms with Gasteiger partial charge in [0, 0.05) is 45.7 Å². The number of carbonyl (C=O) groups excluding carboxylic acids is 1. The van der Waals surface area contributed by atoms with Gasteiger partial charge in [0.2, 0.25) is 5.88 Å². The number of halogens is 1. The second kappa shape index (κ2) is 11.1. The summed E-state index contributed by atoms with van der Waals surface area (Å²) in [6.45, 7) is 6.78. The van der Waals surface area contributed by atoms with Crippen LogP contribution in [0.5, 0.6) is 5.88 Å². The summed E-state index contributed by atoms with van der Waals surface area (Å²) in [5, 5.41) is 0. The Morgan fingerprint density at radius 2 is 1.85 bits per heavy atom. The van der Waals surface area contributed by atoms with E-state index in [1.54, 1.807) is 11.8 Å². The van der Waals surface area contributed by atoms with Crippen LogP contribution in [0.4, 0.5) is 10.2 Å². The van der Waals surface area contributed by atoms with Crippen molar-refractivity contribution in [3.63, 3.8) is 0 Å². The van der Waals surface area contributed by atoms with E-state index in [4.69, 9.17) is 9.47 Å². The molecule has 1 atom stereocenters. The first-order valence-corrected chi connectivity index (χ1v) is 12.6. The lowest BCUT2D eigenvalue weighted by Gasteiger charge is -2.33. The van der Waals surface area contributed by atoms with Gasteiger partial charge in [-0.1, -0.05) is 13.8 Å². The molecule has 2 aromatic heterocycles. The number of anilines is 1. The van der Waals surface area contributed by atoms with E-state index in [2.05, 4.69) is 9.97 Å². The molecule has 0 aliphatic carbocycles. The van der Waals surface area contributed by atoms with E-state index in [0.717, 1.165) is 10.5 Å². The van der Waals surface area contributed by atoms with Crippen molar-refractivity contribution in [3.05, 3.63) is 42.5 Å². The summed E-state index contributed by atoms with van der Waals surface area (Å²) in [7, 11) is -2.46. The fourth-order valence-corrected chi connectivity index (χ4v) is 5.13. The minimum atomic E-state index is -3.97. The van der Waals surface area contributed by atoms with E-state index in [9.17, 15) is 17.6 Å². The molecule has 9 nitrogen and oxygen atoms in total. The Hall–Kier alpha value is -2.79. The maximum absolute atomic E-state index is 13.3. The molecule has 3 rings (SSSR count). The molecule has 1 aliphatic rings. The third-order valence-corrected chi connectivity index (χ3v) is 7.29. The van der Waals surface area contributed by atoms with Crippen LogP contribution in [0, 0.1) is 11.7 Å². The molecule has 1 amide bonds. The molecule has 2 aromatic rings. The molecule has 1 saturated heterocycles. The van der Waals surface area contributed by atoms with Gasteiger partial charge in [0.15, 0.2) is 0 Å². The largest absolute Gasteiger partial charge is 0.474 e. The molecule has 3 heterocycles. The maximum Gasteiger partial charge on any atom is 0.267 e. The second-order valence-corrected chi connectivity index (χ2v) is 10.5. The molecule has 1 aliphatic heterocycles. The minimum absolute atomic E-state index is 0.0133. The van der Waals surface area contributed by atoms with Gasteiger partial charge in [0.1, 0.15) is 28.7 Å². The maximum atomic E-state index is 13.3. The summed E-state index contributed by atoms with van der Waals surface area (Å²) >= 11 is 0. The predicted octanol–water partition coefficient (Wildman–Crippen LogP) is 2.87. The number of amides is 1. The predicted molar refractivity (Wildman–Crippen MR) is 125 cm³/mol. The number of carbonyl (C=O) groups is 1. The number of likely N-dealkylation sites (tertiary alicyclic amines) is 1. The number of hydrogen-bond donors (Lipinski definition) is 0. The molecular weight excluding hydrogens is 463 g/mol. The molecule has 0 aromatic carbocycles. The number of methoxy groups -OCH3 is 1. The molecule has 0 N–H and O–H groups in total. The highest BCUT2D eigenvalue weighted by Crippen LogP contribution is 2.25. The highest BCUT2D eigenvalue weighted by molar-refractivity contribution is 7.92. The summed E-state index contributed by atoms with van der Waals surface area (Å²) in [6, 6.07) is 5.47. The quantitative estimate of drug-likeness (QED) is 0.528. The number of hydrogen-bond acceptors (Lipinski definition) is 7. The monoisotopic (exact) mass is 494 g/mol. The first-order chi connectivity index (χ1) is 16.1. The van der Waals surface area contributed by atoms with Crippen molar-refractivity contribution in [1.29, 1.82) is 0 Å². The van der Waals surface area contributed by atoms with Crippen LogP contribution in [-0.4, -0.2) is 68.1 Å². The fourth-order valence-electron chi connectivity index (χ4n) is 3.60. The van der Waals surface area contributed by atoms with E-state index in [0.29, 0.717) is 31.8 Å². The molecule has 0 bridgehead atoms. The molecule has 11 heteroatoms. The van der Waals surface area contributed by atoms with Crippen molar-refractivity contribution in [3.8, 4) is 5.88 Å². The Morgan fingerprint density at radius 3 is 2.38 bits per heavy atom. The van der Waals surface area contributed by atoms with Crippen LogP contribution in [0.3, 0.4) is 0 Å². The number of nitrogens with zero attached hydrogens (tertiary/aromatic N) is 4. The standard InChI is InChI=1S/C23H31FN4O5S/c1-16(2)15-28(21-7-5-18(24)13-25-21)34(30,31)20-6-8-22(26-14-20)33-19-9-11-27(12-10-19)23(29)17(3)32-4/h5-8,13-14,16-17,19H,9-12,15H2,1-4H3. The number of sulfonamides is 1. The summed E-state index contributed by atoms with van der Waals surface area (Å²) in [6.07, 6.45) is 2.92. The first kappa shape index (κ1) is 25.8. The molecule has 186 valence electrons. The zero-order valence-corrected chi connectivity index (χ0v) is 20.7. The van der Waals surface area contributed by atoms with Crippen LogP contribution in [0.25, 0.3) is 0 Å². The Kier molecular flexibility index (Phi) is 8.42. The van der Waals surface area contributed by atoms with Gasteiger partial charge in [-0.25, -0.2) is 27.1 Å². The average molecular weight is 495 g/mol. The third kappa shape index (κ3) is 6.20. The average Bonchev–Trinajstić information content (AvgIpc) is 2.83. The molecular formula is C23H31FN4O5S. The van der Waals surface area contributed by atoms with Gasteiger partial charge in [-0.05, 0) is 31.0 Å². The Labute approximate surface area is 200 Å². The highest BCUT2D eigenvalue weighted by atomic mass is 32.2. The fraction of sp³-hybridized carbons (Fsp3) is 0.522. The Bertz CT molecular complexity index is 1060. The molecule has 34 heavy (non-hydrogen) atoms. The summed E-state index contributed by atoms with van der Waals surface area (Å²) in [5.74, 6) is -0.127. The zero-order valence-electron chi connectivity index (χ0n) is 19.8. The summed E-state index contributed by atoms with van der Waals surface area (Å²) in [5.41, 5.74) is 0. The van der Waals surface area contributed by atoms with Crippen LogP contribution in [0.2, 0.25) is 0 Å². The SMILES string of the molecule is COC(C)C(=O)N1CCC(Oc2ccc(S(=O)(=O)N(CC(C)C)c3ccc(F)cn3)cn2)CC1. The second-order valence-electron chi connectivity index (χ2n) is 8.62. The van der Waals surface area contributed by atoms with Gasteiger partial charge in [0.25, 0.3) is 15.9 Å². The van der Waals surface area contributed by atoms with Gasteiger partial charge in [-0.3, -0.25) is 4.79 Å². The molecule has 1 fully saturated rings. The highest BCUT2D eigenvalue weighted by Gasteiger charge is 2.29. The smallest absolute Gasteiger partial charge is 0.267 e. The Balaban J connectivity index is 1.68. The summed E-state index contributed by atoms with van der Waals surface area (Å²) < 4.78 is 52.1. The van der Waals surface area contributed by atoms with Crippen LogP contribution in [0.1, 0.15) is 33.6 Å². The van der Waals surface area contributed by atoms with Crippen molar-refractivity contribution in [1.82, 2.24) is 14.9 Å². The summed E-state index contributed by atoms with van der Waals surface area (Å²) in [4.78, 5) is 22.1. The molecule has 0 radical (unpaired) electrons. The van der Waals surface area contributed by atoms with E-state index in [1.807, 2.05) is 13.8 Å². The van der Waals surface area contributed by atoms with Crippen LogP contribution < -0.4 is 9.04 Å². The first-order valence-electron chi connectivity index (χ1n) is 11.2. The number of ether oxygens (including phenoxy) is 2. The molecule has 1 unspecified atom stereocenters. The van der Waals surface area contributed by atoms with Crippen LogP contribution >= 0.6 is 0 Å². The van der Waals surface area contributed by atoms with Crippen molar-refractivity contribution in [2.45, 2.75) is 50.7 Å². The van der Waals surface area contributed by atoms with Crippen LogP contribution in [0.15, 0.2) is 41.6 Å². The lowest BCUT2D eigenvalue weighted by Crippen LogP contribution is -2.45. The van der Waals surface area contributed by atoms with Crippen molar-refractivity contribution >= 4 is 21.7 Å². The van der Waals surface area contributed by atoms with Gasteiger partial charge >= 0.3 is 0 Å². The van der Waals surface area contributed by atoms with E-state index >= 15 is 0 Å². The molecule has 0 spiro atoms. The lowest BCUT2D eigenvalue weighted by molar-refractivity contribution is -0.142. The van der Waals surface area contributed by atoms with Gasteiger partial charge in [-0.2, -0.15) is 0 Å². The topological polar surface area (TPSA) is 102 Å². The van der Waals surface area contributed by atoms with Crippen molar-refractivity contribution in [2.75, 3.05) is 31.0 Å². The molecule has 0 saturated carbocycles. The van der Waals surface area contributed by atoms with E-state index < -0.39 is 21.9 Å². The minimum Gasteiger partial charge on any atom is -0.474 e. The van der Waals surface area contributed by atoms with Gasteiger partial charge in [-0.15, -0.1) is 0 Å². The van der Waals surface area contributed by atoms with Crippen molar-refractivity contribution < 1.29 is 27.1 Å². The van der Waals surface area contributed by atoms with Gasteiger partial charge < -0.3 is 14.4 Å². The number of pyridine rings is 2. The lowest BCUT2D eigenvalue weighted by atomic mass is 10.1. The van der Waals surface area contributed by atoms with E-state index in [1.165, 1.54) is 37.6 Å². The third-order valence-electron chi connectivity index (χ3n) is 5.54. The number of piperidine rings is 1. The zero-order chi connectivity index (χ0) is 24.9.